The van der Waals surface area contributed by atoms with E-state index >= 15 is 0 Å². The number of piperidine rings is 1. The van der Waals surface area contributed by atoms with E-state index in [1.54, 1.807) is 6.20 Å². The average Bonchev–Trinajstić information content (AvgIpc) is 2.66. The SMILES string of the molecule is CN1CCCC(c2ncc(CO)o2)C1. The number of nitrogens with zero attached hydrogens (tertiary/aromatic N) is 2. The number of aromatic nitrogens is 1. The Balaban J connectivity index is 2.06. The second-order valence-electron chi connectivity index (χ2n) is 3.92. The van der Waals surface area contributed by atoms with Crippen LogP contribution in [0.25, 0.3) is 0 Å². The summed E-state index contributed by atoms with van der Waals surface area (Å²) in [5.74, 6) is 1.74. The van der Waals surface area contributed by atoms with Gasteiger partial charge in [0.05, 0.1) is 6.20 Å². The summed E-state index contributed by atoms with van der Waals surface area (Å²) >= 11 is 0. The summed E-state index contributed by atoms with van der Waals surface area (Å²) in [6.07, 6.45) is 3.94. The molecule has 1 fully saturated rings. The minimum absolute atomic E-state index is 0.0600. The molecule has 2 rings (SSSR count). The quantitative estimate of drug-likeness (QED) is 0.766. The lowest BCUT2D eigenvalue weighted by atomic mass is 9.99. The molecule has 1 N–H and O–H groups in total. The van der Waals surface area contributed by atoms with Crippen LogP contribution in [-0.2, 0) is 6.61 Å². The van der Waals surface area contributed by atoms with Crippen molar-refractivity contribution in [2.24, 2.45) is 0 Å². The third-order valence-corrected chi connectivity index (χ3v) is 2.70. The largest absolute Gasteiger partial charge is 0.443 e. The van der Waals surface area contributed by atoms with E-state index in [1.165, 1.54) is 6.42 Å². The Labute approximate surface area is 83.5 Å². The number of hydrogen-bond acceptors (Lipinski definition) is 4. The van der Waals surface area contributed by atoms with Gasteiger partial charge in [0.1, 0.15) is 12.4 Å². The third kappa shape index (κ3) is 1.96. The number of likely N-dealkylation sites (N-methyl/N-ethyl adjacent to an activating group) is 1. The van der Waals surface area contributed by atoms with Gasteiger partial charge in [-0.3, -0.25) is 0 Å². The predicted molar refractivity (Wildman–Crippen MR) is 51.9 cm³/mol. The van der Waals surface area contributed by atoms with E-state index in [-0.39, 0.29) is 6.61 Å². The lowest BCUT2D eigenvalue weighted by molar-refractivity contribution is 0.212. The molecular weight excluding hydrogens is 180 g/mol. The van der Waals surface area contributed by atoms with Crippen molar-refractivity contribution in [2.45, 2.75) is 25.4 Å². The normalized spacial score (nSPS) is 24.0. The molecule has 2 heterocycles. The second-order valence-corrected chi connectivity index (χ2v) is 3.92. The molecule has 1 atom stereocenters. The second kappa shape index (κ2) is 4.11. The Kier molecular flexibility index (Phi) is 2.84. The summed E-state index contributed by atoms with van der Waals surface area (Å²) in [4.78, 5) is 6.48. The highest BCUT2D eigenvalue weighted by molar-refractivity contribution is 5.00. The molecule has 4 heteroatoms. The monoisotopic (exact) mass is 196 g/mol. The van der Waals surface area contributed by atoms with Crippen LogP contribution in [0.3, 0.4) is 0 Å². The van der Waals surface area contributed by atoms with Crippen LogP contribution in [0.5, 0.6) is 0 Å². The zero-order chi connectivity index (χ0) is 9.97. The van der Waals surface area contributed by atoms with Gasteiger partial charge in [-0.1, -0.05) is 0 Å². The van der Waals surface area contributed by atoms with Crippen LogP contribution in [0.15, 0.2) is 10.6 Å². The first-order chi connectivity index (χ1) is 6.79. The van der Waals surface area contributed by atoms with Gasteiger partial charge in [-0.2, -0.15) is 0 Å². The van der Waals surface area contributed by atoms with Crippen molar-refractivity contribution in [1.29, 1.82) is 0 Å². The average molecular weight is 196 g/mol. The predicted octanol–water partition coefficient (Wildman–Crippen LogP) is 0.976. The number of oxazole rings is 1. The van der Waals surface area contributed by atoms with Gasteiger partial charge < -0.3 is 14.4 Å². The standard InChI is InChI=1S/C10H16N2O2/c1-12-4-2-3-8(6-12)10-11-5-9(7-13)14-10/h5,8,13H,2-4,6-7H2,1H3. The molecule has 0 aliphatic carbocycles. The minimum Gasteiger partial charge on any atom is -0.443 e. The zero-order valence-corrected chi connectivity index (χ0v) is 8.44. The minimum atomic E-state index is -0.0600. The highest BCUT2D eigenvalue weighted by Crippen LogP contribution is 2.25. The maximum absolute atomic E-state index is 8.86. The van der Waals surface area contributed by atoms with Crippen molar-refractivity contribution >= 4 is 0 Å². The smallest absolute Gasteiger partial charge is 0.198 e. The number of likely N-dealkylation sites (tertiary alicyclic amines) is 1. The molecule has 0 radical (unpaired) electrons. The Hall–Kier alpha value is -0.870. The van der Waals surface area contributed by atoms with Crippen LogP contribution in [0.1, 0.15) is 30.4 Å². The molecule has 0 amide bonds. The molecule has 78 valence electrons. The van der Waals surface area contributed by atoms with Crippen LogP contribution in [0, 0.1) is 0 Å². The van der Waals surface area contributed by atoms with Crippen molar-refractivity contribution in [3.05, 3.63) is 17.8 Å². The Morgan fingerprint density at radius 2 is 2.57 bits per heavy atom. The summed E-state index contributed by atoms with van der Waals surface area (Å²) in [7, 11) is 2.11. The first-order valence-electron chi connectivity index (χ1n) is 5.03. The van der Waals surface area contributed by atoms with Gasteiger partial charge in [0.2, 0.25) is 0 Å². The van der Waals surface area contributed by atoms with Crippen molar-refractivity contribution < 1.29 is 9.52 Å². The molecule has 14 heavy (non-hydrogen) atoms. The van der Waals surface area contributed by atoms with Crippen molar-refractivity contribution in [3.63, 3.8) is 0 Å². The fourth-order valence-electron chi connectivity index (χ4n) is 1.95. The molecule has 1 saturated heterocycles. The maximum Gasteiger partial charge on any atom is 0.198 e. The summed E-state index contributed by atoms with van der Waals surface area (Å²) in [5.41, 5.74) is 0. The van der Waals surface area contributed by atoms with Crippen LogP contribution >= 0.6 is 0 Å². The van der Waals surface area contributed by atoms with Crippen LogP contribution in [0.4, 0.5) is 0 Å². The van der Waals surface area contributed by atoms with Gasteiger partial charge in [-0.15, -0.1) is 0 Å². The number of hydrogen-bond donors (Lipinski definition) is 1. The Morgan fingerprint density at radius 3 is 3.21 bits per heavy atom. The summed E-state index contributed by atoms with van der Waals surface area (Å²) in [6, 6.07) is 0. The first kappa shape index (κ1) is 9.68. The molecule has 0 saturated carbocycles. The zero-order valence-electron chi connectivity index (χ0n) is 8.44. The van der Waals surface area contributed by atoms with Gasteiger partial charge >= 0.3 is 0 Å². The lowest BCUT2D eigenvalue weighted by Gasteiger charge is -2.27. The van der Waals surface area contributed by atoms with E-state index in [0.717, 1.165) is 25.4 Å². The van der Waals surface area contributed by atoms with Crippen molar-refractivity contribution in [3.8, 4) is 0 Å². The van der Waals surface area contributed by atoms with Crippen LogP contribution < -0.4 is 0 Å². The van der Waals surface area contributed by atoms with E-state index in [4.69, 9.17) is 9.52 Å². The number of aliphatic hydroxyl groups is 1. The Bertz CT molecular complexity index is 298. The van der Waals surface area contributed by atoms with Gasteiger partial charge in [-0.25, -0.2) is 4.98 Å². The topological polar surface area (TPSA) is 49.5 Å². The molecule has 0 spiro atoms. The molecule has 4 nitrogen and oxygen atoms in total. The Morgan fingerprint density at radius 1 is 1.71 bits per heavy atom. The fraction of sp³-hybridized carbons (Fsp3) is 0.700. The molecule has 1 aromatic rings. The van der Waals surface area contributed by atoms with Crippen molar-refractivity contribution in [2.75, 3.05) is 20.1 Å². The summed E-state index contributed by atoms with van der Waals surface area (Å²) in [6.45, 7) is 2.10. The molecule has 1 unspecified atom stereocenters. The molecule has 0 aromatic carbocycles. The first-order valence-corrected chi connectivity index (χ1v) is 5.03. The van der Waals surface area contributed by atoms with E-state index in [0.29, 0.717) is 11.7 Å². The highest BCUT2D eigenvalue weighted by atomic mass is 16.4. The fourth-order valence-corrected chi connectivity index (χ4v) is 1.95. The van der Waals surface area contributed by atoms with E-state index in [9.17, 15) is 0 Å². The molecule has 1 aliphatic rings. The van der Waals surface area contributed by atoms with E-state index in [2.05, 4.69) is 16.9 Å². The van der Waals surface area contributed by atoms with E-state index < -0.39 is 0 Å². The highest BCUT2D eigenvalue weighted by Gasteiger charge is 2.22. The van der Waals surface area contributed by atoms with Crippen molar-refractivity contribution in [1.82, 2.24) is 9.88 Å². The summed E-state index contributed by atoms with van der Waals surface area (Å²) < 4.78 is 5.43. The number of aliphatic hydroxyl groups excluding tert-OH is 1. The third-order valence-electron chi connectivity index (χ3n) is 2.70. The summed E-state index contributed by atoms with van der Waals surface area (Å²) in [5, 5.41) is 8.86. The maximum atomic E-state index is 8.86. The molecule has 1 aliphatic heterocycles. The van der Waals surface area contributed by atoms with Gasteiger partial charge in [0, 0.05) is 12.5 Å². The molecule has 0 bridgehead atoms. The number of rotatable bonds is 2. The lowest BCUT2D eigenvalue weighted by Crippen LogP contribution is -2.30. The van der Waals surface area contributed by atoms with E-state index in [1.807, 2.05) is 0 Å². The van der Waals surface area contributed by atoms with Crippen LogP contribution in [-0.4, -0.2) is 35.1 Å². The van der Waals surface area contributed by atoms with Gasteiger partial charge in [0.25, 0.3) is 0 Å². The molecule has 1 aromatic heterocycles. The van der Waals surface area contributed by atoms with Crippen LogP contribution in [0.2, 0.25) is 0 Å². The van der Waals surface area contributed by atoms with Gasteiger partial charge in [-0.05, 0) is 26.4 Å². The molecular formula is C10H16N2O2. The van der Waals surface area contributed by atoms with Gasteiger partial charge in [0.15, 0.2) is 5.89 Å².